The molecule has 0 aromatic heterocycles. The summed E-state index contributed by atoms with van der Waals surface area (Å²) in [5, 5.41) is 0. The summed E-state index contributed by atoms with van der Waals surface area (Å²) in [7, 11) is 2.06. The first-order chi connectivity index (χ1) is 4.20. The van der Waals surface area contributed by atoms with Crippen LogP contribution in [0.2, 0.25) is 0 Å². The number of nitrogens with zero attached hydrogens (tertiary/aromatic N) is 2. The Balaban J connectivity index is 0. The molecule has 1 aliphatic rings. The molecule has 2 radical (unpaired) electrons. The summed E-state index contributed by atoms with van der Waals surface area (Å²) in [5.74, 6) is 0.695. The molecule has 0 saturated carbocycles. The summed E-state index contributed by atoms with van der Waals surface area (Å²) < 4.78 is 0.485. The first-order valence-electron chi connectivity index (χ1n) is 3.08. The average molecular weight is 647 g/mol. The number of rotatable bonds is 0. The van der Waals surface area contributed by atoms with Gasteiger partial charge in [0.15, 0.2) is 0 Å². The molecule has 0 aromatic carbocycles. The first-order valence-corrected chi connectivity index (χ1v) is 4.32. The van der Waals surface area contributed by atoms with Gasteiger partial charge in [-0.3, -0.25) is 4.99 Å². The van der Waals surface area contributed by atoms with Crippen LogP contribution in [-0.4, -0.2) is 83.5 Å². The molecule has 0 spiro atoms. The van der Waals surface area contributed by atoms with E-state index in [0.29, 0.717) is 9.97 Å². The quantitative estimate of drug-likeness (QED) is 0.163. The van der Waals surface area contributed by atoms with Crippen molar-refractivity contribution < 1.29 is 0 Å². The van der Waals surface area contributed by atoms with E-state index < -0.39 is 0 Å². The van der Waals surface area contributed by atoms with Gasteiger partial charge in [0.1, 0.15) is 4.05 Å². The molecule has 2 unspecified atom stereocenters. The van der Waals surface area contributed by atoms with Crippen molar-refractivity contribution in [1.82, 2.24) is 4.90 Å². The van der Waals surface area contributed by atoms with Crippen LogP contribution < -0.4 is 0 Å². The molecule has 5 heteroatoms. The summed E-state index contributed by atoms with van der Waals surface area (Å²) in [4.78, 5) is 6.40. The second-order valence-corrected chi connectivity index (χ2v) is 3.83. The van der Waals surface area contributed by atoms with Gasteiger partial charge in [-0.05, 0) is 0 Å². The Morgan fingerprint density at radius 2 is 2.09 bits per heavy atom. The van der Waals surface area contributed by atoms with Crippen molar-refractivity contribution in [2.45, 2.75) is 11.0 Å². The predicted octanol–water partition coefficient (Wildman–Crippen LogP) is 0.596. The van der Waals surface area contributed by atoms with Gasteiger partial charge in [0.05, 0.1) is 6.34 Å². The van der Waals surface area contributed by atoms with E-state index in [1.807, 2.05) is 6.34 Å². The van der Waals surface area contributed by atoms with Crippen LogP contribution in [0, 0.1) is 5.92 Å². The van der Waals surface area contributed by atoms with Gasteiger partial charge in [-0.25, -0.2) is 0 Å². The van der Waals surface area contributed by atoms with Gasteiger partial charge in [0.25, 0.3) is 0 Å². The van der Waals surface area contributed by atoms with Crippen LogP contribution in [-0.2, 0) is 0 Å². The molecule has 0 aromatic rings. The minimum atomic E-state index is 0. The number of halogens is 1. The largest absolute Gasteiger partial charge is 0.366 e. The predicted molar refractivity (Wildman–Crippen MR) is 59.6 cm³/mol. The molecule has 0 fully saturated rings. The van der Waals surface area contributed by atoms with Crippen LogP contribution in [0.3, 0.4) is 0 Å². The Labute approximate surface area is 122 Å². The minimum Gasteiger partial charge on any atom is -0.366 e. The monoisotopic (exact) mass is 648 g/mol. The van der Waals surface area contributed by atoms with Gasteiger partial charge < -0.3 is 4.90 Å². The molecule has 0 saturated heterocycles. The molecular weight excluding hydrogens is 636 g/mol. The van der Waals surface area contributed by atoms with E-state index in [1.165, 1.54) is 0 Å². The van der Waals surface area contributed by atoms with Crippen molar-refractivity contribution >= 4 is 83.5 Å². The maximum absolute atomic E-state index is 4.28. The number of hydrogen-bond donors (Lipinski definition) is 0. The van der Waals surface area contributed by atoms with E-state index in [9.17, 15) is 0 Å². The topological polar surface area (TPSA) is 15.6 Å². The van der Waals surface area contributed by atoms with Crippen LogP contribution in [0.1, 0.15) is 6.92 Å². The summed E-state index contributed by atoms with van der Waals surface area (Å²) >= 11 is 2.37. The molecule has 1 rings (SSSR count). The van der Waals surface area contributed by atoms with Gasteiger partial charge in [-0.15, -0.1) is 0 Å². The molecule has 0 amide bonds. The van der Waals surface area contributed by atoms with Crippen LogP contribution >= 0.6 is 22.6 Å². The molecule has 2 nitrogen and oxygen atoms in total. The van der Waals surface area contributed by atoms with Crippen LogP contribution in [0.5, 0.6) is 0 Å². The maximum Gasteiger partial charge on any atom is 0.107 e. The maximum atomic E-state index is 4.28. The number of aliphatic imine (C=N–C) groups is 1. The Morgan fingerprint density at radius 1 is 1.55 bits per heavy atom. The van der Waals surface area contributed by atoms with E-state index >= 15 is 0 Å². The van der Waals surface area contributed by atoms with E-state index in [2.05, 4.69) is 46.5 Å². The summed E-state index contributed by atoms with van der Waals surface area (Å²) in [6.45, 7) is 3.36. The Kier molecular flexibility index (Phi) is 10.5. The molecule has 2 atom stereocenters. The molecule has 1 aliphatic heterocycles. The third-order valence-corrected chi connectivity index (χ3v) is 3.00. The van der Waals surface area contributed by atoms with E-state index in [0.717, 1.165) is 6.54 Å². The fraction of sp³-hybridized carbons (Fsp3) is 0.833. The second kappa shape index (κ2) is 7.45. The summed E-state index contributed by atoms with van der Waals surface area (Å²) in [5.41, 5.74) is 0. The van der Waals surface area contributed by atoms with Crippen LogP contribution in [0.4, 0.5) is 0 Å². The van der Waals surface area contributed by atoms with E-state index in [4.69, 9.17) is 0 Å². The van der Waals surface area contributed by atoms with Crippen molar-refractivity contribution in [1.29, 1.82) is 0 Å². The third-order valence-electron chi connectivity index (χ3n) is 1.45. The molecule has 0 aliphatic carbocycles. The molecule has 1 heterocycles. The van der Waals surface area contributed by atoms with Gasteiger partial charge in [-0.2, -0.15) is 0 Å². The van der Waals surface area contributed by atoms with Gasteiger partial charge in [0, 0.05) is 74.1 Å². The summed E-state index contributed by atoms with van der Waals surface area (Å²) in [6.07, 6.45) is 1.91. The van der Waals surface area contributed by atoms with E-state index in [1.54, 1.807) is 0 Å². The van der Waals surface area contributed by atoms with Crippen molar-refractivity contribution in [2.75, 3.05) is 13.6 Å². The zero-order chi connectivity index (χ0) is 6.85. The van der Waals surface area contributed by atoms with Gasteiger partial charge in [-0.1, -0.05) is 29.5 Å². The van der Waals surface area contributed by atoms with Crippen LogP contribution in [0.25, 0.3) is 0 Å². The SMILES string of the molecule is CC1CN(C)C=NC1I.[Tl].[Tl]. The smallest absolute Gasteiger partial charge is 0.107 e. The second-order valence-electron chi connectivity index (χ2n) is 2.55. The van der Waals surface area contributed by atoms with Crippen LogP contribution in [0.15, 0.2) is 4.99 Å². The zero-order valence-corrected chi connectivity index (χ0v) is 18.0. The van der Waals surface area contributed by atoms with Crippen molar-refractivity contribution in [3.8, 4) is 0 Å². The Hall–Kier alpha value is 2.04. The average Bonchev–Trinajstić information content (AvgIpc) is 1.80. The standard InChI is InChI=1S/C6H11IN2.2Tl/c1-5-3-9(2)4-8-6(5)7;;/h4-6H,3H2,1-2H3;;. The Bertz CT molecular complexity index is 132. The molecular formula is C6H11IN2Tl2. The number of alkyl halides is 1. The van der Waals surface area contributed by atoms with Crippen molar-refractivity contribution in [2.24, 2.45) is 10.9 Å². The van der Waals surface area contributed by atoms with Crippen molar-refractivity contribution in [3.63, 3.8) is 0 Å². The molecule has 0 bridgehead atoms. The van der Waals surface area contributed by atoms with E-state index in [-0.39, 0.29) is 54.6 Å². The molecule has 0 N–H and O–H groups in total. The fourth-order valence-corrected chi connectivity index (χ4v) is 1.28. The normalized spacial score (nSPS) is 28.8. The zero-order valence-electron chi connectivity index (χ0n) is 6.87. The third kappa shape index (κ3) is 5.37. The van der Waals surface area contributed by atoms with Gasteiger partial charge in [0.2, 0.25) is 0 Å². The Morgan fingerprint density at radius 3 is 2.45 bits per heavy atom. The summed E-state index contributed by atoms with van der Waals surface area (Å²) in [6, 6.07) is 0. The first kappa shape index (κ1) is 15.5. The number of hydrogen-bond acceptors (Lipinski definition) is 2. The van der Waals surface area contributed by atoms with Gasteiger partial charge >= 0.3 is 0 Å². The fourth-order valence-electron chi connectivity index (χ4n) is 0.913. The molecule has 58 valence electrons. The molecule has 11 heavy (non-hydrogen) atoms. The van der Waals surface area contributed by atoms with Crippen molar-refractivity contribution in [3.05, 3.63) is 0 Å². The minimum absolute atomic E-state index is 0.